The van der Waals surface area contributed by atoms with Gasteiger partial charge in [-0.15, -0.1) is 6.58 Å². The second kappa shape index (κ2) is 7.67. The fourth-order valence-corrected chi connectivity index (χ4v) is 2.38. The minimum Gasteiger partial charge on any atom is -0.313 e. The van der Waals surface area contributed by atoms with Crippen LogP contribution in [0.15, 0.2) is 40.9 Å². The Labute approximate surface area is 113 Å². The highest BCUT2D eigenvalue weighted by molar-refractivity contribution is 9.10. The quantitative estimate of drug-likeness (QED) is 0.739. The zero-order valence-corrected chi connectivity index (χ0v) is 12.4. The van der Waals surface area contributed by atoms with E-state index >= 15 is 0 Å². The van der Waals surface area contributed by atoms with Crippen LogP contribution in [0.5, 0.6) is 0 Å². The van der Waals surface area contributed by atoms with Gasteiger partial charge in [0.05, 0.1) is 0 Å². The maximum absolute atomic E-state index is 4.01. The number of rotatable bonds is 7. The molecule has 0 saturated heterocycles. The van der Waals surface area contributed by atoms with Crippen LogP contribution in [0.2, 0.25) is 0 Å². The van der Waals surface area contributed by atoms with Gasteiger partial charge in [-0.25, -0.2) is 0 Å². The number of nitrogens with one attached hydrogen (secondary N) is 1. The van der Waals surface area contributed by atoms with Crippen molar-refractivity contribution < 1.29 is 0 Å². The van der Waals surface area contributed by atoms with Gasteiger partial charge < -0.3 is 5.32 Å². The molecule has 0 fully saturated rings. The van der Waals surface area contributed by atoms with Crippen molar-refractivity contribution in [2.24, 2.45) is 0 Å². The van der Waals surface area contributed by atoms with Crippen molar-refractivity contribution >= 4 is 15.9 Å². The van der Waals surface area contributed by atoms with Crippen molar-refractivity contribution in [2.45, 2.75) is 39.2 Å². The van der Waals surface area contributed by atoms with Crippen LogP contribution >= 0.6 is 15.9 Å². The van der Waals surface area contributed by atoms with Gasteiger partial charge in [0.1, 0.15) is 0 Å². The summed E-state index contributed by atoms with van der Waals surface area (Å²) in [5, 5.41) is 3.59. The van der Waals surface area contributed by atoms with E-state index in [-0.39, 0.29) is 0 Å². The van der Waals surface area contributed by atoms with Crippen LogP contribution in [0.4, 0.5) is 0 Å². The first-order valence-corrected chi connectivity index (χ1v) is 7.03. The van der Waals surface area contributed by atoms with Crippen molar-refractivity contribution in [1.82, 2.24) is 5.32 Å². The SMILES string of the molecule is C=C(C)CC(Cc1cccc(Br)c1)NCCC. The second-order valence-corrected chi connectivity index (χ2v) is 5.56. The summed E-state index contributed by atoms with van der Waals surface area (Å²) >= 11 is 3.52. The molecule has 2 heteroatoms. The van der Waals surface area contributed by atoms with Crippen molar-refractivity contribution in [2.75, 3.05) is 6.54 Å². The lowest BCUT2D eigenvalue weighted by molar-refractivity contribution is 0.503. The van der Waals surface area contributed by atoms with E-state index in [1.54, 1.807) is 0 Å². The summed E-state index contributed by atoms with van der Waals surface area (Å²) in [4.78, 5) is 0. The van der Waals surface area contributed by atoms with Gasteiger partial charge in [0.15, 0.2) is 0 Å². The highest BCUT2D eigenvalue weighted by atomic mass is 79.9. The normalized spacial score (nSPS) is 12.4. The smallest absolute Gasteiger partial charge is 0.0178 e. The van der Waals surface area contributed by atoms with E-state index in [1.165, 1.54) is 17.6 Å². The topological polar surface area (TPSA) is 12.0 Å². The third-order valence-electron chi connectivity index (χ3n) is 2.65. The van der Waals surface area contributed by atoms with Crippen LogP contribution in [-0.2, 0) is 6.42 Å². The molecule has 1 unspecified atom stereocenters. The first-order chi connectivity index (χ1) is 8.11. The molecule has 1 aromatic rings. The average molecular weight is 296 g/mol. The minimum absolute atomic E-state index is 0.502. The lowest BCUT2D eigenvalue weighted by Gasteiger charge is -2.18. The monoisotopic (exact) mass is 295 g/mol. The Kier molecular flexibility index (Phi) is 6.53. The van der Waals surface area contributed by atoms with Gasteiger partial charge in [0.2, 0.25) is 0 Å². The van der Waals surface area contributed by atoms with Crippen molar-refractivity contribution in [3.63, 3.8) is 0 Å². The zero-order chi connectivity index (χ0) is 12.7. The van der Waals surface area contributed by atoms with Gasteiger partial charge in [0, 0.05) is 10.5 Å². The number of benzene rings is 1. The largest absolute Gasteiger partial charge is 0.313 e. The lowest BCUT2D eigenvalue weighted by atomic mass is 10.0. The van der Waals surface area contributed by atoms with Gasteiger partial charge in [-0.3, -0.25) is 0 Å². The summed E-state index contributed by atoms with van der Waals surface area (Å²) in [6.45, 7) is 9.39. The van der Waals surface area contributed by atoms with Crippen LogP contribution in [-0.4, -0.2) is 12.6 Å². The molecule has 0 spiro atoms. The fraction of sp³-hybridized carbons (Fsp3) is 0.467. The third-order valence-corrected chi connectivity index (χ3v) is 3.14. The Morgan fingerprint density at radius 3 is 2.82 bits per heavy atom. The molecule has 17 heavy (non-hydrogen) atoms. The van der Waals surface area contributed by atoms with E-state index in [0.29, 0.717) is 6.04 Å². The fourth-order valence-electron chi connectivity index (χ4n) is 1.93. The van der Waals surface area contributed by atoms with Crippen molar-refractivity contribution in [1.29, 1.82) is 0 Å². The number of hydrogen-bond donors (Lipinski definition) is 1. The Balaban J connectivity index is 2.61. The molecule has 1 nitrogen and oxygen atoms in total. The van der Waals surface area contributed by atoms with Crippen LogP contribution in [0.25, 0.3) is 0 Å². The van der Waals surface area contributed by atoms with E-state index < -0.39 is 0 Å². The molecule has 0 heterocycles. The molecule has 1 rings (SSSR count). The summed E-state index contributed by atoms with van der Waals surface area (Å²) in [5.41, 5.74) is 2.61. The van der Waals surface area contributed by atoms with Gasteiger partial charge >= 0.3 is 0 Å². The maximum atomic E-state index is 4.01. The molecule has 94 valence electrons. The van der Waals surface area contributed by atoms with Gasteiger partial charge in [-0.05, 0) is 50.4 Å². The zero-order valence-electron chi connectivity index (χ0n) is 10.8. The molecule has 0 radical (unpaired) electrons. The molecule has 0 aliphatic heterocycles. The molecular weight excluding hydrogens is 274 g/mol. The Morgan fingerprint density at radius 1 is 1.47 bits per heavy atom. The molecule has 1 aromatic carbocycles. The first-order valence-electron chi connectivity index (χ1n) is 6.24. The number of halogens is 1. The molecular formula is C15H22BrN. The molecule has 1 N–H and O–H groups in total. The van der Waals surface area contributed by atoms with Crippen molar-refractivity contribution in [3.05, 3.63) is 46.5 Å². The Hall–Kier alpha value is -0.600. The summed E-state index contributed by atoms with van der Waals surface area (Å²) in [5.74, 6) is 0. The van der Waals surface area contributed by atoms with E-state index in [2.05, 4.69) is 65.9 Å². The van der Waals surface area contributed by atoms with Gasteiger partial charge in [0.25, 0.3) is 0 Å². The number of hydrogen-bond acceptors (Lipinski definition) is 1. The Bertz CT molecular complexity index is 360. The van der Waals surface area contributed by atoms with Crippen LogP contribution in [0.1, 0.15) is 32.3 Å². The minimum atomic E-state index is 0.502. The molecule has 0 bridgehead atoms. The molecule has 0 aliphatic rings. The van der Waals surface area contributed by atoms with E-state index in [0.717, 1.165) is 23.9 Å². The lowest BCUT2D eigenvalue weighted by Crippen LogP contribution is -2.32. The summed E-state index contributed by atoms with van der Waals surface area (Å²) in [6, 6.07) is 9.04. The summed E-state index contributed by atoms with van der Waals surface area (Å²) in [7, 11) is 0. The molecule has 0 aliphatic carbocycles. The first kappa shape index (κ1) is 14.5. The molecule has 1 atom stereocenters. The van der Waals surface area contributed by atoms with Crippen LogP contribution in [0.3, 0.4) is 0 Å². The summed E-state index contributed by atoms with van der Waals surface area (Å²) in [6.07, 6.45) is 3.28. The molecule has 0 saturated carbocycles. The molecule has 0 aromatic heterocycles. The van der Waals surface area contributed by atoms with Crippen LogP contribution in [0, 0.1) is 0 Å². The standard InChI is InChI=1S/C15H22BrN/c1-4-8-17-15(9-12(2)3)11-13-6-5-7-14(16)10-13/h5-7,10,15,17H,2,4,8-9,11H2,1,3H3. The average Bonchev–Trinajstić information content (AvgIpc) is 2.25. The predicted octanol–water partition coefficient (Wildman–Crippen LogP) is 4.33. The summed E-state index contributed by atoms with van der Waals surface area (Å²) < 4.78 is 1.15. The van der Waals surface area contributed by atoms with E-state index in [1.807, 2.05) is 0 Å². The molecule has 0 amide bonds. The highest BCUT2D eigenvalue weighted by Crippen LogP contribution is 2.15. The van der Waals surface area contributed by atoms with E-state index in [9.17, 15) is 0 Å². The van der Waals surface area contributed by atoms with E-state index in [4.69, 9.17) is 0 Å². The third kappa shape index (κ3) is 6.04. The predicted molar refractivity (Wildman–Crippen MR) is 79.4 cm³/mol. The second-order valence-electron chi connectivity index (χ2n) is 4.65. The van der Waals surface area contributed by atoms with Gasteiger partial charge in [-0.1, -0.05) is 40.6 Å². The van der Waals surface area contributed by atoms with Gasteiger partial charge in [-0.2, -0.15) is 0 Å². The van der Waals surface area contributed by atoms with Crippen LogP contribution < -0.4 is 5.32 Å². The van der Waals surface area contributed by atoms with Crippen molar-refractivity contribution in [3.8, 4) is 0 Å². The highest BCUT2D eigenvalue weighted by Gasteiger charge is 2.09. The Morgan fingerprint density at radius 2 is 2.24 bits per heavy atom. The maximum Gasteiger partial charge on any atom is 0.0178 e.